The third kappa shape index (κ3) is 3.25. The summed E-state index contributed by atoms with van der Waals surface area (Å²) in [5.41, 5.74) is 0.123. The molecular weight excluding hydrogens is 288 g/mol. The molecule has 0 radical (unpaired) electrons. The Hall–Kier alpha value is -1.85. The van der Waals surface area contributed by atoms with Gasteiger partial charge in [0.05, 0.1) is 12.0 Å². The summed E-state index contributed by atoms with van der Waals surface area (Å²) in [5, 5.41) is 10.7. The Balaban J connectivity index is 2.38. The van der Waals surface area contributed by atoms with Crippen molar-refractivity contribution in [3.63, 3.8) is 0 Å². The molecule has 0 fully saturated rings. The monoisotopic (exact) mass is 306 g/mol. The van der Waals surface area contributed by atoms with Crippen molar-refractivity contribution in [3.05, 3.63) is 59.7 Å². The highest BCUT2D eigenvalue weighted by Gasteiger charge is 2.25. The molecule has 0 saturated carbocycles. The van der Waals surface area contributed by atoms with E-state index in [9.17, 15) is 13.5 Å². The van der Waals surface area contributed by atoms with E-state index in [2.05, 4.69) is 0 Å². The standard InChI is InChI=1S/C16H18O4S/c1-16(17,12-4-8-14(20-2)9-5-12)13-6-10-15(11-7-13)21(3,18)19/h4-11,17H,1-3H3. The van der Waals surface area contributed by atoms with Crippen LogP contribution in [0.3, 0.4) is 0 Å². The molecule has 1 atom stereocenters. The van der Waals surface area contributed by atoms with Gasteiger partial charge in [0.15, 0.2) is 9.84 Å². The van der Waals surface area contributed by atoms with Gasteiger partial charge in [0, 0.05) is 6.26 Å². The van der Waals surface area contributed by atoms with E-state index in [0.29, 0.717) is 16.9 Å². The molecule has 5 heteroatoms. The van der Waals surface area contributed by atoms with Crippen LogP contribution in [0.5, 0.6) is 5.75 Å². The zero-order valence-electron chi connectivity index (χ0n) is 12.2. The zero-order chi connectivity index (χ0) is 15.7. The van der Waals surface area contributed by atoms with Crippen LogP contribution in [0.1, 0.15) is 18.1 Å². The van der Waals surface area contributed by atoms with Crippen molar-refractivity contribution in [2.24, 2.45) is 0 Å². The average Bonchev–Trinajstić information content (AvgIpc) is 2.46. The number of benzene rings is 2. The normalized spacial score (nSPS) is 14.5. The minimum Gasteiger partial charge on any atom is -0.497 e. The van der Waals surface area contributed by atoms with Crippen LogP contribution < -0.4 is 4.74 Å². The molecule has 0 heterocycles. The summed E-state index contributed by atoms with van der Waals surface area (Å²) in [6, 6.07) is 13.4. The fraction of sp³-hybridized carbons (Fsp3) is 0.250. The van der Waals surface area contributed by atoms with Gasteiger partial charge in [-0.1, -0.05) is 24.3 Å². The molecule has 2 aromatic rings. The maximum Gasteiger partial charge on any atom is 0.175 e. The SMILES string of the molecule is COc1ccc(C(C)(O)c2ccc(S(C)(=O)=O)cc2)cc1. The smallest absolute Gasteiger partial charge is 0.175 e. The Labute approximate surface area is 124 Å². The Bertz CT molecular complexity index is 714. The lowest BCUT2D eigenvalue weighted by atomic mass is 9.88. The highest BCUT2D eigenvalue weighted by atomic mass is 32.2. The molecule has 0 amide bonds. The van der Waals surface area contributed by atoms with Crippen molar-refractivity contribution in [2.75, 3.05) is 13.4 Å². The molecule has 0 aromatic heterocycles. The van der Waals surface area contributed by atoms with Crippen LogP contribution in [0.25, 0.3) is 0 Å². The van der Waals surface area contributed by atoms with E-state index in [1.54, 1.807) is 50.4 Å². The van der Waals surface area contributed by atoms with E-state index >= 15 is 0 Å². The molecule has 0 aliphatic carbocycles. The molecule has 0 bridgehead atoms. The summed E-state index contributed by atoms with van der Waals surface area (Å²) in [4.78, 5) is 0.233. The first-order valence-corrected chi connectivity index (χ1v) is 8.32. The number of methoxy groups -OCH3 is 1. The van der Waals surface area contributed by atoms with Crippen molar-refractivity contribution in [1.82, 2.24) is 0 Å². The minimum atomic E-state index is -3.24. The predicted octanol–water partition coefficient (Wildman–Crippen LogP) is 2.35. The number of hydrogen-bond acceptors (Lipinski definition) is 4. The average molecular weight is 306 g/mol. The molecule has 0 aliphatic heterocycles. The summed E-state index contributed by atoms with van der Waals surface area (Å²) in [6.07, 6.45) is 1.16. The third-order valence-electron chi connectivity index (χ3n) is 3.50. The van der Waals surface area contributed by atoms with Gasteiger partial charge >= 0.3 is 0 Å². The van der Waals surface area contributed by atoms with Gasteiger partial charge in [0.25, 0.3) is 0 Å². The molecular formula is C16H18O4S. The minimum absolute atomic E-state index is 0.233. The maximum atomic E-state index is 11.5. The molecule has 2 rings (SSSR count). The number of sulfone groups is 1. The van der Waals surface area contributed by atoms with Gasteiger partial charge < -0.3 is 9.84 Å². The highest BCUT2D eigenvalue weighted by molar-refractivity contribution is 7.90. The maximum absolute atomic E-state index is 11.5. The van der Waals surface area contributed by atoms with Crippen molar-refractivity contribution in [1.29, 1.82) is 0 Å². The first kappa shape index (κ1) is 15.5. The molecule has 21 heavy (non-hydrogen) atoms. The summed E-state index contributed by atoms with van der Waals surface area (Å²) in [6.45, 7) is 1.67. The molecule has 0 saturated heterocycles. The Morgan fingerprint density at radius 2 is 1.38 bits per heavy atom. The summed E-state index contributed by atoms with van der Waals surface area (Å²) >= 11 is 0. The van der Waals surface area contributed by atoms with Crippen LogP contribution in [-0.4, -0.2) is 26.9 Å². The number of ether oxygens (including phenoxy) is 1. The highest BCUT2D eigenvalue weighted by Crippen LogP contribution is 2.30. The van der Waals surface area contributed by atoms with E-state index in [-0.39, 0.29) is 4.90 Å². The molecule has 0 aliphatic rings. The Morgan fingerprint density at radius 3 is 1.76 bits per heavy atom. The van der Waals surface area contributed by atoms with Crippen molar-refractivity contribution < 1.29 is 18.3 Å². The fourth-order valence-corrected chi connectivity index (χ4v) is 2.74. The van der Waals surface area contributed by atoms with E-state index < -0.39 is 15.4 Å². The van der Waals surface area contributed by atoms with Crippen molar-refractivity contribution in [3.8, 4) is 5.75 Å². The first-order chi connectivity index (χ1) is 9.75. The summed E-state index contributed by atoms with van der Waals surface area (Å²) in [7, 11) is -1.66. The van der Waals surface area contributed by atoms with E-state index in [0.717, 1.165) is 6.26 Å². The van der Waals surface area contributed by atoms with Gasteiger partial charge in [-0.3, -0.25) is 0 Å². The quantitative estimate of drug-likeness (QED) is 0.942. The lowest BCUT2D eigenvalue weighted by Gasteiger charge is -2.25. The summed E-state index contributed by atoms with van der Waals surface area (Å²) in [5.74, 6) is 0.710. The van der Waals surface area contributed by atoms with Crippen LogP contribution in [0.15, 0.2) is 53.4 Å². The van der Waals surface area contributed by atoms with Gasteiger partial charge in [0.1, 0.15) is 11.4 Å². The second-order valence-corrected chi connectivity index (χ2v) is 7.11. The molecule has 2 aromatic carbocycles. The molecule has 1 N–H and O–H groups in total. The Kier molecular flexibility index (Phi) is 4.07. The van der Waals surface area contributed by atoms with Gasteiger partial charge in [-0.05, 0) is 42.3 Å². The topological polar surface area (TPSA) is 63.6 Å². The fourth-order valence-electron chi connectivity index (χ4n) is 2.11. The van der Waals surface area contributed by atoms with E-state index in [1.165, 1.54) is 12.1 Å². The predicted molar refractivity (Wildman–Crippen MR) is 81.2 cm³/mol. The molecule has 0 spiro atoms. The van der Waals surface area contributed by atoms with Crippen LogP contribution in [0.2, 0.25) is 0 Å². The third-order valence-corrected chi connectivity index (χ3v) is 4.63. The van der Waals surface area contributed by atoms with Crippen LogP contribution in [0, 0.1) is 0 Å². The van der Waals surface area contributed by atoms with E-state index in [1.807, 2.05) is 0 Å². The zero-order valence-corrected chi connectivity index (χ0v) is 13.0. The van der Waals surface area contributed by atoms with Crippen LogP contribution >= 0.6 is 0 Å². The van der Waals surface area contributed by atoms with Gasteiger partial charge in [-0.15, -0.1) is 0 Å². The summed E-state index contributed by atoms with van der Waals surface area (Å²) < 4.78 is 28.0. The second kappa shape index (κ2) is 5.50. The number of hydrogen-bond donors (Lipinski definition) is 1. The largest absolute Gasteiger partial charge is 0.497 e. The first-order valence-electron chi connectivity index (χ1n) is 6.42. The lowest BCUT2D eigenvalue weighted by Crippen LogP contribution is -2.22. The number of rotatable bonds is 4. The van der Waals surface area contributed by atoms with Gasteiger partial charge in [-0.2, -0.15) is 0 Å². The van der Waals surface area contributed by atoms with Gasteiger partial charge in [-0.25, -0.2) is 8.42 Å². The molecule has 1 unspecified atom stereocenters. The van der Waals surface area contributed by atoms with E-state index in [4.69, 9.17) is 4.74 Å². The van der Waals surface area contributed by atoms with Crippen LogP contribution in [-0.2, 0) is 15.4 Å². The van der Waals surface area contributed by atoms with Crippen molar-refractivity contribution >= 4 is 9.84 Å². The van der Waals surface area contributed by atoms with Gasteiger partial charge in [0.2, 0.25) is 0 Å². The second-order valence-electron chi connectivity index (χ2n) is 5.10. The Morgan fingerprint density at radius 1 is 0.952 bits per heavy atom. The van der Waals surface area contributed by atoms with Crippen molar-refractivity contribution in [2.45, 2.75) is 17.4 Å². The number of aliphatic hydroxyl groups is 1. The molecule has 112 valence electrons. The van der Waals surface area contributed by atoms with Crippen LogP contribution in [0.4, 0.5) is 0 Å². The lowest BCUT2D eigenvalue weighted by molar-refractivity contribution is 0.102. The molecule has 4 nitrogen and oxygen atoms in total.